The Labute approximate surface area is 158 Å². The molecule has 0 bridgehead atoms. The van der Waals surface area contributed by atoms with Crippen molar-refractivity contribution in [3.05, 3.63) is 62.6 Å². The largest absolute Gasteiger partial charge is 0.452 e. The molecule has 0 aliphatic carbocycles. The molecule has 0 saturated heterocycles. The lowest BCUT2D eigenvalue weighted by molar-refractivity contribution is -0.119. The van der Waals surface area contributed by atoms with Crippen LogP contribution < -0.4 is 5.32 Å². The summed E-state index contributed by atoms with van der Waals surface area (Å²) in [4.78, 5) is 35.6. The lowest BCUT2D eigenvalue weighted by atomic mass is 10.1. The van der Waals surface area contributed by atoms with Crippen molar-refractivity contribution in [1.29, 1.82) is 0 Å². The molecule has 2 rings (SSSR count). The molecule has 2 aromatic carbocycles. The molecule has 0 aliphatic rings. The number of ketones is 1. The first kappa shape index (κ1) is 19.2. The first-order valence-corrected chi connectivity index (χ1v) is 8.15. The van der Waals surface area contributed by atoms with E-state index in [1.807, 2.05) is 0 Å². The molecule has 25 heavy (non-hydrogen) atoms. The Kier molecular flexibility index (Phi) is 6.42. The van der Waals surface area contributed by atoms with Crippen LogP contribution in [0.3, 0.4) is 0 Å². The number of para-hydroxylation sites is 1. The van der Waals surface area contributed by atoms with Crippen molar-refractivity contribution in [2.24, 2.45) is 0 Å². The van der Waals surface area contributed by atoms with E-state index in [-0.39, 0.29) is 26.4 Å². The van der Waals surface area contributed by atoms with Gasteiger partial charge < -0.3 is 10.1 Å². The quantitative estimate of drug-likeness (QED) is 0.451. The average molecular weight is 401 g/mol. The molecule has 0 saturated carbocycles. The summed E-state index contributed by atoms with van der Waals surface area (Å²) in [5.41, 5.74) is 0.561. The Hall–Kier alpha value is -2.08. The van der Waals surface area contributed by atoms with Crippen molar-refractivity contribution in [3.63, 3.8) is 0 Å². The van der Waals surface area contributed by atoms with E-state index < -0.39 is 18.5 Å². The van der Waals surface area contributed by atoms with Crippen molar-refractivity contribution in [2.75, 3.05) is 11.9 Å². The van der Waals surface area contributed by atoms with Gasteiger partial charge in [-0.1, -0.05) is 46.9 Å². The Morgan fingerprint density at radius 3 is 2.32 bits per heavy atom. The molecule has 0 atom stereocenters. The van der Waals surface area contributed by atoms with Gasteiger partial charge in [0.25, 0.3) is 5.91 Å². The summed E-state index contributed by atoms with van der Waals surface area (Å²) in [5.74, 6) is -1.70. The molecule has 0 aromatic heterocycles. The molecule has 1 amide bonds. The molecule has 0 aliphatic heterocycles. The predicted molar refractivity (Wildman–Crippen MR) is 96.8 cm³/mol. The first-order chi connectivity index (χ1) is 11.8. The van der Waals surface area contributed by atoms with Crippen LogP contribution in [0.2, 0.25) is 15.1 Å². The normalized spacial score (nSPS) is 10.2. The van der Waals surface area contributed by atoms with E-state index in [1.165, 1.54) is 19.1 Å². The first-order valence-electron chi connectivity index (χ1n) is 7.01. The van der Waals surface area contributed by atoms with E-state index in [0.717, 1.165) is 0 Å². The summed E-state index contributed by atoms with van der Waals surface area (Å²) in [7, 11) is 0. The molecule has 5 nitrogen and oxygen atoms in total. The number of hydrogen-bond acceptors (Lipinski definition) is 4. The van der Waals surface area contributed by atoms with Crippen LogP contribution in [0.25, 0.3) is 0 Å². The van der Waals surface area contributed by atoms with Gasteiger partial charge in [-0.2, -0.15) is 0 Å². The van der Waals surface area contributed by atoms with Crippen molar-refractivity contribution in [2.45, 2.75) is 6.92 Å². The van der Waals surface area contributed by atoms with Gasteiger partial charge in [-0.05, 0) is 31.2 Å². The fraction of sp³-hybridized carbons (Fsp3) is 0.118. The zero-order chi connectivity index (χ0) is 18.6. The van der Waals surface area contributed by atoms with Crippen molar-refractivity contribution in [1.82, 2.24) is 0 Å². The summed E-state index contributed by atoms with van der Waals surface area (Å²) in [6, 6.07) is 9.33. The number of rotatable bonds is 5. The Bertz CT molecular complexity index is 852. The fourth-order valence-electron chi connectivity index (χ4n) is 2.00. The number of esters is 1. The average Bonchev–Trinajstić information content (AvgIpc) is 2.57. The zero-order valence-corrected chi connectivity index (χ0v) is 15.2. The number of ether oxygens (including phenoxy) is 1. The van der Waals surface area contributed by atoms with E-state index in [0.29, 0.717) is 11.3 Å². The molecule has 2 aromatic rings. The highest BCUT2D eigenvalue weighted by Crippen LogP contribution is 2.31. The number of amides is 1. The highest BCUT2D eigenvalue weighted by molar-refractivity contribution is 6.46. The van der Waals surface area contributed by atoms with Crippen molar-refractivity contribution < 1.29 is 19.1 Å². The fourth-order valence-corrected chi connectivity index (χ4v) is 2.69. The molecule has 1 N–H and O–H groups in total. The van der Waals surface area contributed by atoms with Crippen LogP contribution in [0.15, 0.2) is 36.4 Å². The van der Waals surface area contributed by atoms with Crippen molar-refractivity contribution in [3.8, 4) is 0 Å². The van der Waals surface area contributed by atoms with Gasteiger partial charge in [-0.3, -0.25) is 9.59 Å². The maximum atomic E-state index is 12.1. The van der Waals surface area contributed by atoms with Gasteiger partial charge in [0.15, 0.2) is 12.4 Å². The van der Waals surface area contributed by atoms with Gasteiger partial charge in [-0.25, -0.2) is 4.79 Å². The van der Waals surface area contributed by atoms with Gasteiger partial charge in [0.1, 0.15) is 0 Å². The number of Topliss-reactive ketones (excluding diaryl/α,β-unsaturated/α-hetero) is 1. The van der Waals surface area contributed by atoms with Crippen LogP contribution in [0.1, 0.15) is 27.6 Å². The van der Waals surface area contributed by atoms with Gasteiger partial charge >= 0.3 is 5.97 Å². The molecule has 0 fully saturated rings. The summed E-state index contributed by atoms with van der Waals surface area (Å²) < 4.78 is 4.92. The van der Waals surface area contributed by atoms with Crippen molar-refractivity contribution >= 4 is 58.1 Å². The van der Waals surface area contributed by atoms with Gasteiger partial charge in [0, 0.05) is 5.56 Å². The van der Waals surface area contributed by atoms with Crippen LogP contribution in [-0.4, -0.2) is 24.3 Å². The molecule has 0 spiro atoms. The minimum absolute atomic E-state index is 0.0542. The molecule has 0 heterocycles. The molecule has 0 unspecified atom stereocenters. The second kappa shape index (κ2) is 8.34. The minimum atomic E-state index is -0.882. The van der Waals surface area contributed by atoms with E-state index in [2.05, 4.69) is 5.32 Å². The maximum absolute atomic E-state index is 12.1. The number of anilines is 1. The number of benzene rings is 2. The SMILES string of the molecule is CC(=O)c1ccccc1NC(=O)COC(=O)c1c(Cl)ccc(Cl)c1Cl. The van der Waals surface area contributed by atoms with E-state index >= 15 is 0 Å². The Balaban J connectivity index is 2.05. The van der Waals surface area contributed by atoms with E-state index in [9.17, 15) is 14.4 Å². The maximum Gasteiger partial charge on any atom is 0.341 e. The summed E-state index contributed by atoms with van der Waals surface area (Å²) in [5, 5.41) is 2.65. The minimum Gasteiger partial charge on any atom is -0.452 e. The standard InChI is InChI=1S/C17H12Cl3NO4/c1-9(22)10-4-2-3-5-13(10)21-14(23)8-25-17(24)15-11(18)6-7-12(19)16(15)20/h2-7H,8H2,1H3,(H,21,23). The summed E-state index contributed by atoms with van der Waals surface area (Å²) in [6.45, 7) is 0.804. The van der Waals surface area contributed by atoms with Crippen LogP contribution in [0, 0.1) is 0 Å². The molecule has 0 radical (unpaired) electrons. The summed E-state index contributed by atoms with van der Waals surface area (Å²) in [6.07, 6.45) is 0. The third-order valence-corrected chi connectivity index (χ3v) is 4.28. The van der Waals surface area contributed by atoms with Crippen LogP contribution >= 0.6 is 34.8 Å². The number of nitrogens with one attached hydrogen (secondary N) is 1. The van der Waals surface area contributed by atoms with E-state index in [1.54, 1.807) is 24.3 Å². The van der Waals surface area contributed by atoms with Crippen LogP contribution in [-0.2, 0) is 9.53 Å². The van der Waals surface area contributed by atoms with Gasteiger partial charge in [0.05, 0.1) is 26.3 Å². The lowest BCUT2D eigenvalue weighted by Gasteiger charge is -2.11. The smallest absolute Gasteiger partial charge is 0.341 e. The van der Waals surface area contributed by atoms with E-state index in [4.69, 9.17) is 39.5 Å². The lowest BCUT2D eigenvalue weighted by Crippen LogP contribution is -2.22. The second-order valence-electron chi connectivity index (χ2n) is 4.94. The van der Waals surface area contributed by atoms with Crippen LogP contribution in [0.5, 0.6) is 0 Å². The second-order valence-corrected chi connectivity index (χ2v) is 6.14. The highest BCUT2D eigenvalue weighted by atomic mass is 35.5. The topological polar surface area (TPSA) is 72.5 Å². The number of carbonyl (C=O) groups excluding carboxylic acids is 3. The highest BCUT2D eigenvalue weighted by Gasteiger charge is 2.20. The van der Waals surface area contributed by atoms with Crippen LogP contribution in [0.4, 0.5) is 5.69 Å². The number of hydrogen-bond donors (Lipinski definition) is 1. The van der Waals surface area contributed by atoms with Gasteiger partial charge in [-0.15, -0.1) is 0 Å². The predicted octanol–water partition coefficient (Wildman–Crippen LogP) is 4.64. The number of halogens is 3. The Morgan fingerprint density at radius 2 is 1.64 bits per heavy atom. The third kappa shape index (κ3) is 4.72. The molecule has 8 heteroatoms. The summed E-state index contributed by atoms with van der Waals surface area (Å²) >= 11 is 17.7. The molecular weight excluding hydrogens is 389 g/mol. The molecule has 130 valence electrons. The number of carbonyl (C=O) groups is 3. The van der Waals surface area contributed by atoms with Gasteiger partial charge in [0.2, 0.25) is 0 Å². The third-order valence-electron chi connectivity index (χ3n) is 3.16. The monoisotopic (exact) mass is 399 g/mol. The Morgan fingerprint density at radius 1 is 1.00 bits per heavy atom. The molecular formula is C17H12Cl3NO4. The zero-order valence-electron chi connectivity index (χ0n) is 12.9.